The summed E-state index contributed by atoms with van der Waals surface area (Å²) >= 11 is 1.53. The van der Waals surface area contributed by atoms with Crippen LogP contribution in [0.5, 0.6) is 0 Å². The molecule has 1 amide bonds. The minimum Gasteiger partial charge on any atom is -0.302 e. The minimum absolute atomic E-state index is 0. The largest absolute Gasteiger partial charge is 0.302 e. The number of benzene rings is 2. The van der Waals surface area contributed by atoms with Gasteiger partial charge in [-0.3, -0.25) is 19.8 Å². The Bertz CT molecular complexity index is 1140. The standard InChI is InChI=1S/C24H28N4O3S.ClH/c1-5-26(6-2)13-14-27(24-25-21-16-17(3)15-18(4)23(21)32-24)22(29)12-9-19-7-10-20(11-8-19)28(30)31;/h7-12,15-16H,5-6,13-14H2,1-4H3;1H. The van der Waals surface area contributed by atoms with E-state index in [1.54, 1.807) is 23.1 Å². The van der Waals surface area contributed by atoms with Crippen LogP contribution in [-0.2, 0) is 4.79 Å². The summed E-state index contributed by atoms with van der Waals surface area (Å²) in [5, 5.41) is 11.5. The average Bonchev–Trinajstić information content (AvgIpc) is 3.19. The Balaban J connectivity index is 0.00000385. The van der Waals surface area contributed by atoms with Gasteiger partial charge in [0.1, 0.15) is 0 Å². The number of likely N-dealkylation sites (N-methyl/N-ethyl adjacent to an activating group) is 1. The fourth-order valence-electron chi connectivity index (χ4n) is 3.53. The first kappa shape index (κ1) is 26.4. The van der Waals surface area contributed by atoms with E-state index in [-0.39, 0.29) is 24.0 Å². The van der Waals surface area contributed by atoms with Crippen LogP contribution in [0.2, 0.25) is 0 Å². The maximum absolute atomic E-state index is 13.2. The number of fused-ring (bicyclic) bond motifs is 1. The van der Waals surface area contributed by atoms with Crippen LogP contribution in [0.25, 0.3) is 16.3 Å². The van der Waals surface area contributed by atoms with Crippen molar-refractivity contribution in [3.8, 4) is 0 Å². The number of amides is 1. The van der Waals surface area contributed by atoms with Crippen LogP contribution in [0.3, 0.4) is 0 Å². The van der Waals surface area contributed by atoms with Crippen molar-refractivity contribution in [3.05, 3.63) is 69.3 Å². The first-order chi connectivity index (χ1) is 15.3. The highest BCUT2D eigenvalue weighted by Crippen LogP contribution is 2.32. The molecule has 0 N–H and O–H groups in total. The molecule has 0 saturated carbocycles. The van der Waals surface area contributed by atoms with E-state index >= 15 is 0 Å². The summed E-state index contributed by atoms with van der Waals surface area (Å²) in [6.45, 7) is 11.4. The van der Waals surface area contributed by atoms with E-state index in [1.165, 1.54) is 29.5 Å². The number of rotatable bonds is 9. The second-order valence-corrected chi connectivity index (χ2v) is 8.60. The summed E-state index contributed by atoms with van der Waals surface area (Å²) < 4.78 is 1.09. The van der Waals surface area contributed by atoms with Crippen molar-refractivity contribution in [1.82, 2.24) is 9.88 Å². The summed E-state index contributed by atoms with van der Waals surface area (Å²) in [5.41, 5.74) is 3.95. The van der Waals surface area contributed by atoms with Crippen LogP contribution >= 0.6 is 23.7 Å². The lowest BCUT2D eigenvalue weighted by molar-refractivity contribution is -0.384. The van der Waals surface area contributed by atoms with Gasteiger partial charge >= 0.3 is 0 Å². The zero-order valence-electron chi connectivity index (χ0n) is 19.3. The molecule has 0 aliphatic rings. The van der Waals surface area contributed by atoms with E-state index in [2.05, 4.69) is 31.7 Å². The summed E-state index contributed by atoms with van der Waals surface area (Å²) in [6.07, 6.45) is 3.19. The Kier molecular flexibility index (Phi) is 9.52. The van der Waals surface area contributed by atoms with Crippen LogP contribution in [-0.4, -0.2) is 46.9 Å². The average molecular weight is 489 g/mol. The van der Waals surface area contributed by atoms with Crippen LogP contribution < -0.4 is 4.90 Å². The van der Waals surface area contributed by atoms with Gasteiger partial charge in [0.05, 0.1) is 15.1 Å². The molecule has 0 atom stereocenters. The Morgan fingerprint density at radius 3 is 2.39 bits per heavy atom. The number of non-ortho nitro benzene ring substituents is 1. The lowest BCUT2D eigenvalue weighted by Crippen LogP contribution is -2.38. The molecule has 0 saturated heterocycles. The summed E-state index contributed by atoms with van der Waals surface area (Å²) in [4.78, 5) is 32.3. The quantitative estimate of drug-likeness (QED) is 0.221. The molecule has 0 bridgehead atoms. The molecule has 0 spiro atoms. The van der Waals surface area contributed by atoms with E-state index in [4.69, 9.17) is 4.98 Å². The molecular formula is C24H29ClN4O3S. The van der Waals surface area contributed by atoms with Gasteiger partial charge < -0.3 is 4.90 Å². The van der Waals surface area contributed by atoms with Gasteiger partial charge in [-0.25, -0.2) is 4.98 Å². The number of nitro benzene ring substituents is 1. The van der Waals surface area contributed by atoms with Crippen molar-refractivity contribution in [3.63, 3.8) is 0 Å². The molecule has 0 unspecified atom stereocenters. The van der Waals surface area contributed by atoms with Gasteiger partial charge in [-0.15, -0.1) is 12.4 Å². The van der Waals surface area contributed by atoms with Crippen LogP contribution in [0, 0.1) is 24.0 Å². The maximum Gasteiger partial charge on any atom is 0.269 e. The number of aryl methyl sites for hydroxylation is 2. The predicted molar refractivity (Wildman–Crippen MR) is 139 cm³/mol. The number of aromatic nitrogens is 1. The van der Waals surface area contributed by atoms with E-state index in [9.17, 15) is 14.9 Å². The fraction of sp³-hybridized carbons (Fsp3) is 0.333. The van der Waals surface area contributed by atoms with Gasteiger partial charge in [-0.1, -0.05) is 31.3 Å². The highest BCUT2D eigenvalue weighted by molar-refractivity contribution is 7.22. The molecule has 7 nitrogen and oxygen atoms in total. The molecule has 33 heavy (non-hydrogen) atoms. The fourth-order valence-corrected chi connectivity index (χ4v) is 4.57. The molecule has 3 rings (SSSR count). The smallest absolute Gasteiger partial charge is 0.269 e. The van der Waals surface area contributed by atoms with Crippen molar-refractivity contribution in [1.29, 1.82) is 0 Å². The number of anilines is 1. The van der Waals surface area contributed by atoms with Gasteiger partial charge in [0.25, 0.3) is 11.6 Å². The monoisotopic (exact) mass is 488 g/mol. The second-order valence-electron chi connectivity index (χ2n) is 7.63. The number of halogens is 1. The number of carbonyl (C=O) groups excluding carboxylic acids is 1. The lowest BCUT2D eigenvalue weighted by Gasteiger charge is -2.23. The third kappa shape index (κ3) is 6.60. The minimum atomic E-state index is -0.440. The third-order valence-electron chi connectivity index (χ3n) is 5.36. The molecule has 1 heterocycles. The number of hydrogen-bond acceptors (Lipinski definition) is 6. The normalized spacial score (nSPS) is 11.2. The second kappa shape index (κ2) is 11.9. The van der Waals surface area contributed by atoms with Gasteiger partial charge in [-0.05, 0) is 67.9 Å². The van der Waals surface area contributed by atoms with E-state index in [0.717, 1.165) is 46.5 Å². The first-order valence-electron chi connectivity index (χ1n) is 10.7. The van der Waals surface area contributed by atoms with Crippen molar-refractivity contribution >= 4 is 56.8 Å². The molecular weight excluding hydrogens is 460 g/mol. The van der Waals surface area contributed by atoms with Crippen molar-refractivity contribution in [2.45, 2.75) is 27.7 Å². The molecule has 0 aliphatic heterocycles. The Morgan fingerprint density at radius 1 is 1.12 bits per heavy atom. The molecule has 2 aromatic carbocycles. The Labute approximate surface area is 204 Å². The van der Waals surface area contributed by atoms with Crippen molar-refractivity contribution < 1.29 is 9.72 Å². The topological polar surface area (TPSA) is 79.6 Å². The number of hydrogen-bond donors (Lipinski definition) is 0. The summed E-state index contributed by atoms with van der Waals surface area (Å²) in [7, 11) is 0. The molecule has 0 fully saturated rings. The molecule has 176 valence electrons. The molecule has 0 radical (unpaired) electrons. The van der Waals surface area contributed by atoms with Gasteiger partial charge in [0.15, 0.2) is 5.13 Å². The Morgan fingerprint density at radius 2 is 1.79 bits per heavy atom. The molecule has 0 aliphatic carbocycles. The molecule has 3 aromatic rings. The van der Waals surface area contributed by atoms with Crippen molar-refractivity contribution in [2.24, 2.45) is 0 Å². The number of nitrogens with zero attached hydrogens (tertiary/aromatic N) is 4. The lowest BCUT2D eigenvalue weighted by atomic mass is 10.1. The van der Waals surface area contributed by atoms with E-state index < -0.39 is 4.92 Å². The van der Waals surface area contributed by atoms with Crippen molar-refractivity contribution in [2.75, 3.05) is 31.1 Å². The van der Waals surface area contributed by atoms with Crippen LogP contribution in [0.1, 0.15) is 30.5 Å². The first-order valence-corrected chi connectivity index (χ1v) is 11.5. The number of thiazole rings is 1. The summed E-state index contributed by atoms with van der Waals surface area (Å²) in [6, 6.07) is 10.3. The Hall–Kier alpha value is -2.81. The highest BCUT2D eigenvalue weighted by atomic mass is 35.5. The van der Waals surface area contributed by atoms with Crippen LogP contribution in [0.15, 0.2) is 42.5 Å². The predicted octanol–water partition coefficient (Wildman–Crippen LogP) is 5.63. The maximum atomic E-state index is 13.2. The zero-order chi connectivity index (χ0) is 23.3. The highest BCUT2D eigenvalue weighted by Gasteiger charge is 2.19. The number of nitro groups is 1. The number of carbonyl (C=O) groups is 1. The van der Waals surface area contributed by atoms with E-state index in [0.29, 0.717) is 11.7 Å². The molecule has 1 aromatic heterocycles. The van der Waals surface area contributed by atoms with Gasteiger partial charge in [0, 0.05) is 31.3 Å². The zero-order valence-corrected chi connectivity index (χ0v) is 20.9. The SMILES string of the molecule is CCN(CC)CCN(C(=O)C=Cc1ccc([N+](=O)[O-])cc1)c1nc2cc(C)cc(C)c2s1.Cl. The summed E-state index contributed by atoms with van der Waals surface area (Å²) in [5.74, 6) is -0.163. The van der Waals surface area contributed by atoms with Crippen LogP contribution in [0.4, 0.5) is 10.8 Å². The molecule has 9 heteroatoms. The van der Waals surface area contributed by atoms with Gasteiger partial charge in [0.2, 0.25) is 0 Å². The van der Waals surface area contributed by atoms with E-state index in [1.807, 2.05) is 13.0 Å². The third-order valence-corrected chi connectivity index (χ3v) is 6.59. The van der Waals surface area contributed by atoms with Gasteiger partial charge in [-0.2, -0.15) is 0 Å².